The molecule has 0 aliphatic heterocycles. The van der Waals surface area contributed by atoms with Gasteiger partial charge in [0.25, 0.3) is 0 Å². The molecule has 0 aromatic carbocycles. The fourth-order valence-corrected chi connectivity index (χ4v) is 1.46. The number of carbonyl (C=O) groups is 1. The summed E-state index contributed by atoms with van der Waals surface area (Å²) in [7, 11) is 1.72. The Morgan fingerprint density at radius 3 is 2.31 bits per heavy atom. The van der Waals surface area contributed by atoms with Gasteiger partial charge in [-0.25, -0.2) is 0 Å². The number of nitrogens with zero attached hydrogens (tertiary/aromatic N) is 1. The van der Waals surface area contributed by atoms with Crippen molar-refractivity contribution >= 4 is 11.7 Å². The third kappa shape index (κ3) is 5.29. The highest BCUT2D eigenvalue weighted by Crippen LogP contribution is 2.15. The minimum Gasteiger partial charge on any atom is -0.314 e. The van der Waals surface area contributed by atoms with Crippen molar-refractivity contribution in [3.8, 4) is 0 Å². The van der Waals surface area contributed by atoms with Gasteiger partial charge in [0, 0.05) is 18.4 Å². The second-order valence-corrected chi connectivity index (χ2v) is 5.35. The summed E-state index contributed by atoms with van der Waals surface area (Å²) in [4.78, 5) is 16.0. The van der Waals surface area contributed by atoms with Crippen LogP contribution in [-0.2, 0) is 4.79 Å². The van der Waals surface area contributed by atoms with Crippen molar-refractivity contribution in [2.24, 2.45) is 16.3 Å². The van der Waals surface area contributed by atoms with Gasteiger partial charge in [-0.05, 0) is 6.42 Å². The van der Waals surface area contributed by atoms with E-state index in [-0.39, 0.29) is 17.2 Å². The lowest BCUT2D eigenvalue weighted by Gasteiger charge is -2.23. The molecule has 0 saturated carbocycles. The van der Waals surface area contributed by atoms with Crippen LogP contribution in [0.5, 0.6) is 0 Å². The number of unbranched alkanes of at least 4 members (excludes halogenated alkanes) is 1. The average Bonchev–Trinajstić information content (AvgIpc) is 2.20. The molecule has 0 spiro atoms. The van der Waals surface area contributed by atoms with Crippen LogP contribution in [0.3, 0.4) is 0 Å². The summed E-state index contributed by atoms with van der Waals surface area (Å²) in [5.74, 6) is 0.920. The lowest BCUT2D eigenvalue weighted by Crippen LogP contribution is -2.41. The molecule has 0 aromatic rings. The maximum Gasteiger partial charge on any atom is 0.228 e. The number of carbonyl (C=O) groups excluding carboxylic acids is 1. The predicted molar refractivity (Wildman–Crippen MR) is 69.6 cm³/mol. The molecular formula is C13H26N2O. The smallest absolute Gasteiger partial charge is 0.228 e. The van der Waals surface area contributed by atoms with Crippen molar-refractivity contribution in [3.05, 3.63) is 0 Å². The number of aliphatic imine (C=N–C) groups is 1. The van der Waals surface area contributed by atoms with Gasteiger partial charge in [-0.3, -0.25) is 9.79 Å². The van der Waals surface area contributed by atoms with E-state index in [1.54, 1.807) is 7.05 Å². The quantitative estimate of drug-likeness (QED) is 0.581. The van der Waals surface area contributed by atoms with Crippen molar-refractivity contribution in [3.63, 3.8) is 0 Å². The van der Waals surface area contributed by atoms with Crippen LogP contribution in [0.2, 0.25) is 0 Å². The zero-order valence-electron chi connectivity index (χ0n) is 11.6. The normalized spacial score (nSPS) is 14.8. The van der Waals surface area contributed by atoms with E-state index in [0.29, 0.717) is 0 Å². The molecule has 3 nitrogen and oxygen atoms in total. The van der Waals surface area contributed by atoms with E-state index in [2.05, 4.69) is 17.2 Å². The second-order valence-electron chi connectivity index (χ2n) is 5.35. The molecule has 3 heteroatoms. The van der Waals surface area contributed by atoms with Gasteiger partial charge in [0.05, 0.1) is 0 Å². The molecule has 0 radical (unpaired) electrons. The minimum atomic E-state index is -0.102. The molecule has 0 bridgehead atoms. The number of hydrogen-bond acceptors (Lipinski definition) is 2. The second kappa shape index (κ2) is 6.66. The number of nitrogens with one attached hydrogen (secondary N) is 1. The Hall–Kier alpha value is -0.860. The van der Waals surface area contributed by atoms with Crippen molar-refractivity contribution in [1.82, 2.24) is 5.32 Å². The Morgan fingerprint density at radius 2 is 1.94 bits per heavy atom. The van der Waals surface area contributed by atoms with Gasteiger partial charge in [-0.1, -0.05) is 47.5 Å². The number of rotatable bonds is 4. The van der Waals surface area contributed by atoms with Crippen LogP contribution in [0.15, 0.2) is 4.99 Å². The molecule has 0 rings (SSSR count). The van der Waals surface area contributed by atoms with E-state index in [1.807, 2.05) is 27.7 Å². The van der Waals surface area contributed by atoms with Gasteiger partial charge in [-0.2, -0.15) is 0 Å². The zero-order chi connectivity index (χ0) is 12.8. The molecule has 16 heavy (non-hydrogen) atoms. The van der Waals surface area contributed by atoms with Crippen molar-refractivity contribution < 1.29 is 4.79 Å². The standard InChI is InChI=1S/C13H26N2O/c1-7-8-9-10(2)11(16)15-12(14-6)13(3,4)5/h10H,7-9H2,1-6H3,(H,14,15,16). The van der Waals surface area contributed by atoms with Gasteiger partial charge in [0.1, 0.15) is 5.84 Å². The molecule has 0 heterocycles. The number of amides is 1. The summed E-state index contributed by atoms with van der Waals surface area (Å²) in [6, 6.07) is 0. The summed E-state index contributed by atoms with van der Waals surface area (Å²) in [5.41, 5.74) is -0.102. The molecule has 1 atom stereocenters. The molecule has 0 saturated heterocycles. The summed E-state index contributed by atoms with van der Waals surface area (Å²) >= 11 is 0. The van der Waals surface area contributed by atoms with Gasteiger partial charge < -0.3 is 5.32 Å². The van der Waals surface area contributed by atoms with Crippen molar-refractivity contribution in [2.75, 3.05) is 7.05 Å². The number of amidine groups is 1. The van der Waals surface area contributed by atoms with Gasteiger partial charge in [0.2, 0.25) is 5.91 Å². The highest BCUT2D eigenvalue weighted by Gasteiger charge is 2.22. The highest BCUT2D eigenvalue weighted by molar-refractivity contribution is 6.01. The Balaban J connectivity index is 4.33. The summed E-state index contributed by atoms with van der Waals surface area (Å²) in [6.45, 7) is 10.3. The fraction of sp³-hybridized carbons (Fsp3) is 0.846. The first-order valence-corrected chi connectivity index (χ1v) is 6.11. The van der Waals surface area contributed by atoms with Crippen molar-refractivity contribution in [1.29, 1.82) is 0 Å². The van der Waals surface area contributed by atoms with Crippen LogP contribution < -0.4 is 5.32 Å². The third-order valence-electron chi connectivity index (χ3n) is 2.61. The first-order valence-electron chi connectivity index (χ1n) is 6.11. The van der Waals surface area contributed by atoms with E-state index >= 15 is 0 Å². The Labute approximate surface area is 99.7 Å². The Morgan fingerprint density at radius 1 is 1.38 bits per heavy atom. The summed E-state index contributed by atoms with van der Waals surface area (Å²) in [5, 5.41) is 2.93. The molecule has 0 aliphatic carbocycles. The van der Waals surface area contributed by atoms with E-state index < -0.39 is 0 Å². The van der Waals surface area contributed by atoms with Crippen molar-refractivity contribution in [2.45, 2.75) is 53.9 Å². The average molecular weight is 226 g/mol. The predicted octanol–water partition coefficient (Wildman–Crippen LogP) is 3.00. The van der Waals surface area contributed by atoms with Crippen LogP contribution in [-0.4, -0.2) is 18.8 Å². The van der Waals surface area contributed by atoms with Gasteiger partial charge >= 0.3 is 0 Å². The molecule has 1 unspecified atom stereocenters. The van der Waals surface area contributed by atoms with Crippen LogP contribution in [0.1, 0.15) is 53.9 Å². The molecule has 0 fully saturated rings. The topological polar surface area (TPSA) is 41.5 Å². The van der Waals surface area contributed by atoms with Crippen LogP contribution in [0.25, 0.3) is 0 Å². The fourth-order valence-electron chi connectivity index (χ4n) is 1.46. The van der Waals surface area contributed by atoms with E-state index in [0.717, 1.165) is 25.1 Å². The molecule has 0 aliphatic rings. The molecule has 0 aromatic heterocycles. The van der Waals surface area contributed by atoms with E-state index in [4.69, 9.17) is 0 Å². The molecule has 1 N–H and O–H groups in total. The van der Waals surface area contributed by atoms with Crippen LogP contribution in [0.4, 0.5) is 0 Å². The minimum absolute atomic E-state index is 0.0686. The lowest BCUT2D eigenvalue weighted by molar-refractivity contribution is -0.123. The largest absolute Gasteiger partial charge is 0.314 e. The first-order chi connectivity index (χ1) is 7.32. The highest BCUT2D eigenvalue weighted by atomic mass is 16.1. The Kier molecular flexibility index (Phi) is 6.31. The zero-order valence-corrected chi connectivity index (χ0v) is 11.6. The number of hydrogen-bond donors (Lipinski definition) is 1. The maximum atomic E-state index is 11.9. The molecule has 94 valence electrons. The summed E-state index contributed by atoms with van der Waals surface area (Å²) in [6.07, 6.45) is 3.18. The van der Waals surface area contributed by atoms with Crippen LogP contribution >= 0.6 is 0 Å². The van der Waals surface area contributed by atoms with Crippen LogP contribution in [0, 0.1) is 11.3 Å². The monoisotopic (exact) mass is 226 g/mol. The Bertz CT molecular complexity index is 251. The third-order valence-corrected chi connectivity index (χ3v) is 2.61. The summed E-state index contributed by atoms with van der Waals surface area (Å²) < 4.78 is 0. The molecule has 1 amide bonds. The van der Waals surface area contributed by atoms with E-state index in [1.165, 1.54) is 0 Å². The van der Waals surface area contributed by atoms with Gasteiger partial charge in [-0.15, -0.1) is 0 Å². The van der Waals surface area contributed by atoms with Gasteiger partial charge in [0.15, 0.2) is 0 Å². The maximum absolute atomic E-state index is 11.9. The molecular weight excluding hydrogens is 200 g/mol. The lowest BCUT2D eigenvalue weighted by atomic mass is 9.94. The first kappa shape index (κ1) is 15.1. The SMILES string of the molecule is CCCCC(C)C(=O)N/C(=N\C)C(C)(C)C. The van der Waals surface area contributed by atoms with E-state index in [9.17, 15) is 4.79 Å².